The second-order valence-corrected chi connectivity index (χ2v) is 8.25. The van der Waals surface area contributed by atoms with E-state index in [0.717, 1.165) is 41.0 Å². The molecule has 0 radical (unpaired) electrons. The van der Waals surface area contributed by atoms with E-state index in [9.17, 15) is 5.11 Å². The molecule has 1 fully saturated rings. The fraction of sp³-hybridized carbons (Fsp3) is 0.333. The molecule has 5 heteroatoms. The molecule has 0 aliphatic carbocycles. The molecular formula is C18H19BrN2OS. The monoisotopic (exact) mass is 390 g/mol. The molecule has 0 bridgehead atoms. The molecule has 1 N–H and O–H groups in total. The molecular weight excluding hydrogens is 372 g/mol. The van der Waals surface area contributed by atoms with E-state index >= 15 is 0 Å². The Morgan fingerprint density at radius 1 is 1.13 bits per heavy atom. The van der Waals surface area contributed by atoms with Crippen molar-refractivity contribution in [1.29, 1.82) is 0 Å². The van der Waals surface area contributed by atoms with Crippen LogP contribution in [0, 0.1) is 0 Å². The first-order chi connectivity index (χ1) is 11.1. The number of aromatic hydroxyl groups is 1. The Bertz CT molecular complexity index is 744. The molecule has 2 aromatic carbocycles. The summed E-state index contributed by atoms with van der Waals surface area (Å²) < 4.78 is 0.920. The van der Waals surface area contributed by atoms with Gasteiger partial charge in [0.05, 0.1) is 11.4 Å². The number of nitrogens with zero attached hydrogens (tertiary/aromatic N) is 2. The fourth-order valence-corrected chi connectivity index (χ4v) is 5.23. The number of anilines is 2. The van der Waals surface area contributed by atoms with E-state index in [-0.39, 0.29) is 0 Å². The zero-order valence-electron chi connectivity index (χ0n) is 13.0. The largest absolute Gasteiger partial charge is 0.506 e. The van der Waals surface area contributed by atoms with Gasteiger partial charge in [0.15, 0.2) is 0 Å². The lowest BCUT2D eigenvalue weighted by molar-refractivity contribution is 0.254. The molecule has 0 unspecified atom stereocenters. The summed E-state index contributed by atoms with van der Waals surface area (Å²) in [5.41, 5.74) is 2.18. The number of piperidine rings is 1. The van der Waals surface area contributed by atoms with Crippen molar-refractivity contribution in [2.45, 2.75) is 28.7 Å². The lowest BCUT2D eigenvalue weighted by atomic mass is 10.0. The van der Waals surface area contributed by atoms with E-state index in [4.69, 9.17) is 0 Å². The van der Waals surface area contributed by atoms with Crippen LogP contribution in [-0.4, -0.2) is 36.2 Å². The normalized spacial score (nSPS) is 18.6. The molecule has 120 valence electrons. The van der Waals surface area contributed by atoms with Gasteiger partial charge >= 0.3 is 0 Å². The molecule has 2 aromatic rings. The van der Waals surface area contributed by atoms with E-state index in [0.29, 0.717) is 11.8 Å². The average Bonchev–Trinajstić information content (AvgIpc) is 2.53. The summed E-state index contributed by atoms with van der Waals surface area (Å²) in [6.45, 7) is 2.20. The van der Waals surface area contributed by atoms with Crippen molar-refractivity contribution in [2.24, 2.45) is 0 Å². The highest BCUT2D eigenvalue weighted by Gasteiger charge is 2.33. The van der Waals surface area contributed by atoms with Crippen molar-refractivity contribution in [3.05, 3.63) is 40.9 Å². The van der Waals surface area contributed by atoms with Crippen molar-refractivity contribution in [3.8, 4) is 5.75 Å². The van der Waals surface area contributed by atoms with Crippen molar-refractivity contribution >= 4 is 39.1 Å². The van der Waals surface area contributed by atoms with Gasteiger partial charge in [-0.2, -0.15) is 0 Å². The van der Waals surface area contributed by atoms with Gasteiger partial charge in [0.2, 0.25) is 0 Å². The van der Waals surface area contributed by atoms with Gasteiger partial charge in [0, 0.05) is 20.3 Å². The number of hydrogen-bond acceptors (Lipinski definition) is 4. The average molecular weight is 391 g/mol. The molecule has 3 nitrogen and oxygen atoms in total. The predicted molar refractivity (Wildman–Crippen MR) is 99.0 cm³/mol. The molecule has 0 spiro atoms. The highest BCUT2D eigenvalue weighted by atomic mass is 79.9. The molecule has 0 aromatic heterocycles. The quantitative estimate of drug-likeness (QED) is 0.752. The van der Waals surface area contributed by atoms with Crippen molar-refractivity contribution in [2.75, 3.05) is 25.0 Å². The summed E-state index contributed by atoms with van der Waals surface area (Å²) in [5, 5.41) is 10.6. The molecule has 2 aliphatic rings. The summed E-state index contributed by atoms with van der Waals surface area (Å²) in [7, 11) is 2.18. The third-order valence-corrected chi connectivity index (χ3v) is 6.21. The van der Waals surface area contributed by atoms with Gasteiger partial charge in [-0.25, -0.2) is 0 Å². The smallest absolute Gasteiger partial charge is 0.141 e. The molecule has 0 amide bonds. The minimum Gasteiger partial charge on any atom is -0.506 e. The zero-order chi connectivity index (χ0) is 16.0. The van der Waals surface area contributed by atoms with Crippen molar-refractivity contribution in [3.63, 3.8) is 0 Å². The molecule has 2 aliphatic heterocycles. The topological polar surface area (TPSA) is 26.7 Å². The van der Waals surface area contributed by atoms with Crippen LogP contribution in [0.5, 0.6) is 5.75 Å². The SMILES string of the molecule is CN1CCC(N2c3ccccc3Sc3cc(Br)cc(O)c32)CC1. The number of para-hydroxylation sites is 1. The van der Waals surface area contributed by atoms with E-state index in [2.05, 4.69) is 63.1 Å². The van der Waals surface area contributed by atoms with Crippen LogP contribution in [0.3, 0.4) is 0 Å². The number of phenols is 1. The van der Waals surface area contributed by atoms with Crippen LogP contribution in [0.2, 0.25) is 0 Å². The van der Waals surface area contributed by atoms with Gasteiger partial charge in [-0.05, 0) is 57.2 Å². The van der Waals surface area contributed by atoms with Crippen LogP contribution in [-0.2, 0) is 0 Å². The van der Waals surface area contributed by atoms with Crippen LogP contribution < -0.4 is 4.90 Å². The highest BCUT2D eigenvalue weighted by molar-refractivity contribution is 9.10. The third-order valence-electron chi connectivity index (χ3n) is 4.66. The van der Waals surface area contributed by atoms with Crippen LogP contribution in [0.15, 0.2) is 50.7 Å². The second-order valence-electron chi connectivity index (χ2n) is 6.25. The first-order valence-electron chi connectivity index (χ1n) is 7.90. The Kier molecular flexibility index (Phi) is 4.03. The van der Waals surface area contributed by atoms with Crippen molar-refractivity contribution < 1.29 is 5.11 Å². The highest BCUT2D eigenvalue weighted by Crippen LogP contribution is 2.53. The Hall–Kier alpha value is -1.17. The van der Waals surface area contributed by atoms with E-state index in [1.807, 2.05) is 0 Å². The van der Waals surface area contributed by atoms with Crippen LogP contribution in [0.4, 0.5) is 11.4 Å². The third kappa shape index (κ3) is 2.75. The first kappa shape index (κ1) is 15.4. The number of halogens is 1. The molecule has 1 saturated heterocycles. The molecule has 0 saturated carbocycles. The van der Waals surface area contributed by atoms with Gasteiger partial charge < -0.3 is 14.9 Å². The summed E-state index contributed by atoms with van der Waals surface area (Å²) >= 11 is 5.24. The van der Waals surface area contributed by atoms with Gasteiger partial charge in [-0.15, -0.1) is 0 Å². The number of likely N-dealkylation sites (tertiary alicyclic amines) is 1. The van der Waals surface area contributed by atoms with Crippen LogP contribution >= 0.6 is 27.7 Å². The van der Waals surface area contributed by atoms with Crippen LogP contribution in [0.1, 0.15) is 12.8 Å². The number of rotatable bonds is 1. The minimum atomic E-state index is 0.357. The number of hydrogen-bond donors (Lipinski definition) is 1. The summed E-state index contributed by atoms with van der Waals surface area (Å²) in [5.74, 6) is 0.357. The number of phenolic OH excluding ortho intramolecular Hbond substituents is 1. The number of benzene rings is 2. The lowest BCUT2D eigenvalue weighted by Gasteiger charge is -2.42. The maximum atomic E-state index is 10.6. The summed E-state index contributed by atoms with van der Waals surface area (Å²) in [6.07, 6.45) is 2.23. The summed E-state index contributed by atoms with van der Waals surface area (Å²) in [4.78, 5) is 7.13. The Balaban J connectivity index is 1.84. The number of fused-ring (bicyclic) bond motifs is 2. The van der Waals surface area contributed by atoms with E-state index < -0.39 is 0 Å². The minimum absolute atomic E-state index is 0.357. The van der Waals surface area contributed by atoms with E-state index in [1.54, 1.807) is 17.8 Å². The molecule has 4 rings (SSSR count). The standard InChI is InChI=1S/C18H19BrN2OS/c1-20-8-6-13(7-9-20)21-14-4-2-3-5-16(14)23-17-11-12(19)10-15(22)18(17)21/h2-5,10-11,13,22H,6-9H2,1H3. The molecule has 23 heavy (non-hydrogen) atoms. The fourth-order valence-electron chi connectivity index (χ4n) is 3.49. The second kappa shape index (κ2) is 6.04. The Morgan fingerprint density at radius 2 is 1.87 bits per heavy atom. The Morgan fingerprint density at radius 3 is 2.65 bits per heavy atom. The Labute approximate surface area is 149 Å². The maximum absolute atomic E-state index is 10.6. The van der Waals surface area contributed by atoms with Gasteiger partial charge in [-0.1, -0.05) is 39.8 Å². The van der Waals surface area contributed by atoms with Gasteiger partial charge in [-0.3, -0.25) is 0 Å². The van der Waals surface area contributed by atoms with Crippen LogP contribution in [0.25, 0.3) is 0 Å². The van der Waals surface area contributed by atoms with Gasteiger partial charge in [0.25, 0.3) is 0 Å². The molecule has 2 heterocycles. The first-order valence-corrected chi connectivity index (χ1v) is 9.51. The van der Waals surface area contributed by atoms with Gasteiger partial charge in [0.1, 0.15) is 5.75 Å². The summed E-state index contributed by atoms with van der Waals surface area (Å²) in [6, 6.07) is 12.9. The lowest BCUT2D eigenvalue weighted by Crippen LogP contribution is -2.42. The van der Waals surface area contributed by atoms with Crippen molar-refractivity contribution in [1.82, 2.24) is 4.90 Å². The predicted octanol–water partition coefficient (Wildman–Crippen LogP) is 4.85. The van der Waals surface area contributed by atoms with E-state index in [1.165, 1.54) is 10.6 Å². The molecule has 0 atom stereocenters. The zero-order valence-corrected chi connectivity index (χ0v) is 15.4. The maximum Gasteiger partial charge on any atom is 0.141 e.